The number of amides is 3. The number of rotatable bonds is 5. The fraction of sp³-hybridized carbons (Fsp3) is 0.571. The van der Waals surface area contributed by atoms with Crippen LogP contribution >= 0.6 is 0 Å². The zero-order valence-corrected chi connectivity index (χ0v) is 15.9. The summed E-state index contributed by atoms with van der Waals surface area (Å²) >= 11 is 0. The summed E-state index contributed by atoms with van der Waals surface area (Å²) in [5.74, 6) is 1.68. The van der Waals surface area contributed by atoms with Crippen LogP contribution in [0.1, 0.15) is 40.7 Å². The van der Waals surface area contributed by atoms with Gasteiger partial charge in [-0.05, 0) is 61.4 Å². The maximum Gasteiger partial charge on any atom is 0.255 e. The van der Waals surface area contributed by atoms with Gasteiger partial charge in [0.05, 0.1) is 0 Å². The Bertz CT molecular complexity index is 839. The second kappa shape index (κ2) is 6.97. The van der Waals surface area contributed by atoms with Crippen LogP contribution in [0.5, 0.6) is 0 Å². The third kappa shape index (κ3) is 2.93. The van der Waals surface area contributed by atoms with E-state index in [1.165, 1.54) is 6.42 Å². The summed E-state index contributed by atoms with van der Waals surface area (Å²) in [6.45, 7) is 4.39. The summed E-state index contributed by atoms with van der Waals surface area (Å²) in [5, 5.41) is 9.38. The molecule has 1 saturated carbocycles. The number of imide groups is 1. The van der Waals surface area contributed by atoms with Crippen molar-refractivity contribution in [1.82, 2.24) is 20.9 Å². The maximum absolute atomic E-state index is 13.1. The van der Waals surface area contributed by atoms with Gasteiger partial charge >= 0.3 is 0 Å². The van der Waals surface area contributed by atoms with Gasteiger partial charge in [-0.1, -0.05) is 18.2 Å². The highest BCUT2D eigenvalue weighted by Crippen LogP contribution is 2.42. The van der Waals surface area contributed by atoms with Gasteiger partial charge in [0.2, 0.25) is 11.8 Å². The molecular formula is C21H26N4O3. The lowest BCUT2D eigenvalue weighted by Crippen LogP contribution is -2.52. The molecule has 3 fully saturated rings. The van der Waals surface area contributed by atoms with Gasteiger partial charge < -0.3 is 15.5 Å². The van der Waals surface area contributed by atoms with Gasteiger partial charge in [0.15, 0.2) is 0 Å². The molecule has 1 unspecified atom stereocenters. The van der Waals surface area contributed by atoms with Crippen molar-refractivity contribution >= 4 is 17.7 Å². The summed E-state index contributed by atoms with van der Waals surface area (Å²) in [6.07, 6.45) is 1.97. The highest BCUT2D eigenvalue weighted by molar-refractivity contribution is 6.05. The Labute approximate surface area is 164 Å². The van der Waals surface area contributed by atoms with E-state index in [0.29, 0.717) is 19.5 Å². The van der Waals surface area contributed by atoms with Crippen molar-refractivity contribution in [3.05, 3.63) is 34.9 Å². The van der Waals surface area contributed by atoms with E-state index in [-0.39, 0.29) is 24.1 Å². The van der Waals surface area contributed by atoms with Crippen LogP contribution in [0.25, 0.3) is 0 Å². The van der Waals surface area contributed by atoms with Crippen molar-refractivity contribution in [3.8, 4) is 0 Å². The molecule has 7 nitrogen and oxygen atoms in total. The van der Waals surface area contributed by atoms with Gasteiger partial charge in [-0.25, -0.2) is 0 Å². The van der Waals surface area contributed by atoms with Gasteiger partial charge in [0.25, 0.3) is 5.91 Å². The van der Waals surface area contributed by atoms with Crippen LogP contribution < -0.4 is 16.0 Å². The molecule has 1 aromatic rings. The van der Waals surface area contributed by atoms with Crippen molar-refractivity contribution in [3.63, 3.8) is 0 Å². The van der Waals surface area contributed by atoms with E-state index < -0.39 is 6.04 Å². The van der Waals surface area contributed by atoms with Crippen LogP contribution in [0.4, 0.5) is 0 Å². The van der Waals surface area contributed by atoms with Crippen LogP contribution in [0.3, 0.4) is 0 Å². The molecule has 3 heterocycles. The standard InChI is InChI=1S/C21H26N4O3/c26-18-5-4-17(20(27)24-18)25-11-13-3-1-2-12(19(13)21(25)28)7-22-8-14-6-15-9-23-10-16(14)15/h1-3,14-17,22-23H,4-11H2,(H,24,26,27)/t14-,15-,16-,17?/m0/s1. The number of piperidine rings is 1. The number of fused-ring (bicyclic) bond motifs is 2. The van der Waals surface area contributed by atoms with Crippen LogP contribution in [0, 0.1) is 17.8 Å². The van der Waals surface area contributed by atoms with Gasteiger partial charge in [-0.2, -0.15) is 0 Å². The fourth-order valence-corrected chi connectivity index (χ4v) is 5.40. The van der Waals surface area contributed by atoms with Gasteiger partial charge in [-0.3, -0.25) is 19.7 Å². The minimum absolute atomic E-state index is 0.0920. The van der Waals surface area contributed by atoms with E-state index in [2.05, 4.69) is 16.0 Å². The quantitative estimate of drug-likeness (QED) is 0.641. The lowest BCUT2D eigenvalue weighted by molar-refractivity contribution is -0.136. The molecule has 1 aromatic carbocycles. The molecule has 3 amide bonds. The number of carbonyl (C=O) groups excluding carboxylic acids is 3. The third-order valence-corrected chi connectivity index (χ3v) is 6.96. The number of nitrogens with zero attached hydrogens (tertiary/aromatic N) is 1. The Balaban J connectivity index is 1.25. The molecule has 3 aliphatic heterocycles. The molecule has 1 aliphatic carbocycles. The molecule has 4 aliphatic rings. The Kier molecular flexibility index (Phi) is 4.44. The van der Waals surface area contributed by atoms with Gasteiger partial charge in [0, 0.05) is 25.1 Å². The summed E-state index contributed by atoms with van der Waals surface area (Å²) in [5.41, 5.74) is 2.70. The minimum Gasteiger partial charge on any atom is -0.322 e. The van der Waals surface area contributed by atoms with Crippen LogP contribution in [-0.4, -0.2) is 48.3 Å². The molecule has 7 heteroatoms. The van der Waals surface area contributed by atoms with Crippen molar-refractivity contribution in [2.75, 3.05) is 19.6 Å². The second-order valence-corrected chi connectivity index (χ2v) is 8.56. The van der Waals surface area contributed by atoms with Crippen molar-refractivity contribution in [1.29, 1.82) is 0 Å². The Morgan fingerprint density at radius 2 is 2.07 bits per heavy atom. The summed E-state index contributed by atoms with van der Waals surface area (Å²) < 4.78 is 0. The molecule has 0 aromatic heterocycles. The molecule has 0 bridgehead atoms. The first-order valence-corrected chi connectivity index (χ1v) is 10.3. The fourth-order valence-electron chi connectivity index (χ4n) is 5.40. The van der Waals surface area contributed by atoms with E-state index in [1.807, 2.05) is 18.2 Å². The summed E-state index contributed by atoms with van der Waals surface area (Å²) in [7, 11) is 0. The predicted molar refractivity (Wildman–Crippen MR) is 102 cm³/mol. The molecule has 0 spiro atoms. The van der Waals surface area contributed by atoms with Crippen molar-refractivity contribution in [2.45, 2.75) is 38.4 Å². The van der Waals surface area contributed by atoms with Crippen LogP contribution in [-0.2, 0) is 22.7 Å². The average molecular weight is 382 g/mol. The number of benzene rings is 1. The first kappa shape index (κ1) is 17.8. The molecule has 5 rings (SSSR count). The molecule has 2 saturated heterocycles. The Hall–Kier alpha value is -2.25. The molecular weight excluding hydrogens is 356 g/mol. The minimum atomic E-state index is -0.555. The Morgan fingerprint density at radius 3 is 2.89 bits per heavy atom. The molecule has 0 radical (unpaired) electrons. The van der Waals surface area contributed by atoms with Gasteiger partial charge in [0.1, 0.15) is 6.04 Å². The number of hydrogen-bond acceptors (Lipinski definition) is 5. The first-order chi connectivity index (χ1) is 13.6. The van der Waals surface area contributed by atoms with Gasteiger partial charge in [-0.15, -0.1) is 0 Å². The second-order valence-electron chi connectivity index (χ2n) is 8.56. The van der Waals surface area contributed by atoms with Crippen molar-refractivity contribution < 1.29 is 14.4 Å². The molecule has 3 N–H and O–H groups in total. The van der Waals surface area contributed by atoms with Crippen LogP contribution in [0.2, 0.25) is 0 Å². The van der Waals surface area contributed by atoms with E-state index in [1.54, 1.807) is 4.90 Å². The number of carbonyl (C=O) groups is 3. The lowest BCUT2D eigenvalue weighted by Gasteiger charge is -2.39. The molecule has 4 atom stereocenters. The highest BCUT2D eigenvalue weighted by atomic mass is 16.2. The molecule has 28 heavy (non-hydrogen) atoms. The largest absolute Gasteiger partial charge is 0.322 e. The van der Waals surface area contributed by atoms with Crippen LogP contribution in [0.15, 0.2) is 18.2 Å². The maximum atomic E-state index is 13.1. The third-order valence-electron chi connectivity index (χ3n) is 6.96. The Morgan fingerprint density at radius 1 is 1.18 bits per heavy atom. The number of hydrogen-bond donors (Lipinski definition) is 3. The van der Waals surface area contributed by atoms with E-state index in [0.717, 1.165) is 54.1 Å². The monoisotopic (exact) mass is 382 g/mol. The topological polar surface area (TPSA) is 90.5 Å². The van der Waals surface area contributed by atoms with E-state index >= 15 is 0 Å². The van der Waals surface area contributed by atoms with E-state index in [9.17, 15) is 14.4 Å². The smallest absolute Gasteiger partial charge is 0.255 e. The zero-order valence-electron chi connectivity index (χ0n) is 15.9. The highest BCUT2D eigenvalue weighted by Gasteiger charge is 2.43. The van der Waals surface area contributed by atoms with Crippen molar-refractivity contribution in [2.24, 2.45) is 17.8 Å². The summed E-state index contributed by atoms with van der Waals surface area (Å²) in [6, 6.07) is 5.39. The van der Waals surface area contributed by atoms with E-state index in [4.69, 9.17) is 0 Å². The zero-order chi connectivity index (χ0) is 19.3. The summed E-state index contributed by atoms with van der Waals surface area (Å²) in [4.78, 5) is 38.3. The normalized spacial score (nSPS) is 31.4. The molecule has 148 valence electrons. The number of nitrogens with one attached hydrogen (secondary N) is 3. The lowest BCUT2D eigenvalue weighted by atomic mass is 9.67. The predicted octanol–water partition coefficient (Wildman–Crippen LogP) is 0.393. The average Bonchev–Trinajstić information content (AvgIpc) is 3.20. The first-order valence-electron chi connectivity index (χ1n) is 10.3. The SMILES string of the molecule is O=C1CCC(N2Cc3cccc(CNC[C@@H]4C[C@H]5CNC[C@@H]45)c3C2=O)C(=O)N1.